The van der Waals surface area contributed by atoms with Gasteiger partial charge in [-0.2, -0.15) is 0 Å². The highest BCUT2D eigenvalue weighted by molar-refractivity contribution is 7.80. The topological polar surface area (TPSA) is 46.2 Å². The van der Waals surface area contributed by atoms with Crippen LogP contribution in [-0.2, 0) is 4.74 Å². The Hall–Kier alpha value is -1.20. The molecule has 4 nitrogen and oxygen atoms in total. The van der Waals surface area contributed by atoms with Crippen molar-refractivity contribution in [2.24, 2.45) is 0 Å². The fraction of sp³-hybridized carbons (Fsp3) is 0.455. The van der Waals surface area contributed by atoms with Crippen molar-refractivity contribution in [3.63, 3.8) is 0 Å². The maximum atomic E-state index is 5.15. The van der Waals surface area contributed by atoms with Crippen LogP contribution in [0.25, 0.3) is 0 Å². The summed E-state index contributed by atoms with van der Waals surface area (Å²) in [6, 6.07) is 4.11. The Labute approximate surface area is 101 Å². The van der Waals surface area contributed by atoms with Crippen LogP contribution in [0.4, 0.5) is 0 Å². The zero-order valence-electron chi connectivity index (χ0n) is 9.56. The van der Waals surface area contributed by atoms with Gasteiger partial charge in [-0.25, -0.2) is 0 Å². The van der Waals surface area contributed by atoms with E-state index in [4.69, 9.17) is 17.0 Å². The second-order valence-corrected chi connectivity index (χ2v) is 3.80. The minimum Gasteiger partial charge on any atom is -0.383 e. The van der Waals surface area contributed by atoms with Crippen molar-refractivity contribution in [2.45, 2.75) is 13.0 Å². The lowest BCUT2D eigenvalue weighted by molar-refractivity contribution is 0.204. The van der Waals surface area contributed by atoms with Crippen molar-refractivity contribution >= 4 is 17.3 Å². The molecule has 0 aromatic carbocycles. The highest BCUT2D eigenvalue weighted by Gasteiger charge is 2.05. The maximum Gasteiger partial charge on any atom is 0.166 e. The molecule has 1 heterocycles. The van der Waals surface area contributed by atoms with Gasteiger partial charge in [-0.05, 0) is 36.8 Å². The van der Waals surface area contributed by atoms with Crippen LogP contribution in [-0.4, -0.2) is 30.4 Å². The molecule has 0 radical (unpaired) electrons. The van der Waals surface area contributed by atoms with Crippen LogP contribution in [0.15, 0.2) is 24.5 Å². The van der Waals surface area contributed by atoms with E-state index in [1.807, 2.05) is 12.1 Å². The fourth-order valence-corrected chi connectivity index (χ4v) is 1.53. The molecule has 1 atom stereocenters. The zero-order valence-corrected chi connectivity index (χ0v) is 10.4. The number of pyridine rings is 1. The van der Waals surface area contributed by atoms with Gasteiger partial charge >= 0.3 is 0 Å². The first kappa shape index (κ1) is 12.9. The second-order valence-electron chi connectivity index (χ2n) is 3.40. The van der Waals surface area contributed by atoms with Crippen LogP contribution >= 0.6 is 12.2 Å². The van der Waals surface area contributed by atoms with Gasteiger partial charge in [-0.1, -0.05) is 0 Å². The van der Waals surface area contributed by atoms with Gasteiger partial charge in [0.15, 0.2) is 5.11 Å². The number of nitrogens with one attached hydrogen (secondary N) is 2. The lowest BCUT2D eigenvalue weighted by Crippen LogP contribution is -2.38. The average molecular weight is 239 g/mol. The lowest BCUT2D eigenvalue weighted by Gasteiger charge is -2.16. The van der Waals surface area contributed by atoms with Crippen LogP contribution in [0.3, 0.4) is 0 Å². The Bertz CT molecular complexity index is 318. The van der Waals surface area contributed by atoms with Crippen LogP contribution in [0.1, 0.15) is 18.5 Å². The molecule has 0 bridgehead atoms. The SMILES string of the molecule is COCCNC(=S)N[C@H](C)c1ccncc1. The summed E-state index contributed by atoms with van der Waals surface area (Å²) in [7, 11) is 1.66. The number of hydrogen-bond donors (Lipinski definition) is 2. The van der Waals surface area contributed by atoms with Gasteiger partial charge < -0.3 is 15.4 Å². The first-order valence-corrected chi connectivity index (χ1v) is 5.58. The largest absolute Gasteiger partial charge is 0.383 e. The minimum absolute atomic E-state index is 0.172. The third-order valence-corrected chi connectivity index (χ3v) is 2.41. The molecule has 1 rings (SSSR count). The quantitative estimate of drug-likeness (QED) is 0.598. The van der Waals surface area contributed by atoms with E-state index in [1.54, 1.807) is 19.5 Å². The summed E-state index contributed by atoms with van der Waals surface area (Å²) < 4.78 is 4.92. The molecule has 0 aliphatic rings. The number of ether oxygens (including phenoxy) is 1. The Kier molecular flexibility index (Phi) is 5.74. The molecule has 0 spiro atoms. The molecule has 0 amide bonds. The van der Waals surface area contributed by atoms with E-state index in [1.165, 1.54) is 0 Å². The summed E-state index contributed by atoms with van der Waals surface area (Å²) in [5.41, 5.74) is 1.16. The van der Waals surface area contributed by atoms with Gasteiger partial charge in [0, 0.05) is 26.0 Å². The predicted octanol–water partition coefficient (Wildman–Crippen LogP) is 1.25. The number of methoxy groups -OCH3 is 1. The zero-order chi connectivity index (χ0) is 11.8. The molecule has 0 unspecified atom stereocenters. The van der Waals surface area contributed by atoms with Gasteiger partial charge in [0.25, 0.3) is 0 Å². The van der Waals surface area contributed by atoms with Crippen molar-refractivity contribution in [3.05, 3.63) is 30.1 Å². The lowest BCUT2D eigenvalue weighted by atomic mass is 10.1. The smallest absolute Gasteiger partial charge is 0.166 e. The van der Waals surface area contributed by atoms with Crippen molar-refractivity contribution in [1.29, 1.82) is 0 Å². The molecule has 16 heavy (non-hydrogen) atoms. The summed E-state index contributed by atoms with van der Waals surface area (Å²) in [4.78, 5) is 3.97. The molecule has 2 N–H and O–H groups in total. The van der Waals surface area contributed by atoms with Crippen molar-refractivity contribution < 1.29 is 4.74 Å². The van der Waals surface area contributed by atoms with Gasteiger partial charge in [-0.15, -0.1) is 0 Å². The Morgan fingerprint density at radius 2 is 2.19 bits per heavy atom. The predicted molar refractivity (Wildman–Crippen MR) is 68.3 cm³/mol. The Balaban J connectivity index is 2.34. The highest BCUT2D eigenvalue weighted by atomic mass is 32.1. The van der Waals surface area contributed by atoms with Crippen molar-refractivity contribution in [2.75, 3.05) is 20.3 Å². The molecule has 0 aliphatic carbocycles. The molecule has 0 fully saturated rings. The average Bonchev–Trinajstić information content (AvgIpc) is 2.30. The molecule has 0 aliphatic heterocycles. The number of nitrogens with zero attached hydrogens (tertiary/aromatic N) is 1. The molecule has 0 saturated carbocycles. The molecule has 1 aromatic heterocycles. The Morgan fingerprint density at radius 3 is 2.81 bits per heavy atom. The molecule has 5 heteroatoms. The van der Waals surface area contributed by atoms with Gasteiger partial charge in [0.2, 0.25) is 0 Å². The fourth-order valence-electron chi connectivity index (χ4n) is 1.25. The monoisotopic (exact) mass is 239 g/mol. The Morgan fingerprint density at radius 1 is 1.50 bits per heavy atom. The summed E-state index contributed by atoms with van der Waals surface area (Å²) in [5.74, 6) is 0. The summed E-state index contributed by atoms with van der Waals surface area (Å²) in [5, 5.41) is 6.90. The van der Waals surface area contributed by atoms with Crippen LogP contribution in [0, 0.1) is 0 Å². The summed E-state index contributed by atoms with van der Waals surface area (Å²) in [6.07, 6.45) is 3.55. The second kappa shape index (κ2) is 7.14. The number of aromatic nitrogens is 1. The van der Waals surface area contributed by atoms with Crippen LogP contribution in [0.5, 0.6) is 0 Å². The van der Waals surface area contributed by atoms with Crippen molar-refractivity contribution in [1.82, 2.24) is 15.6 Å². The number of rotatable bonds is 5. The molecule has 1 aromatic rings. The van der Waals surface area contributed by atoms with Crippen LogP contribution in [0.2, 0.25) is 0 Å². The van der Waals surface area contributed by atoms with Gasteiger partial charge in [0.1, 0.15) is 0 Å². The normalized spacial score (nSPS) is 11.9. The van der Waals surface area contributed by atoms with Gasteiger partial charge in [0.05, 0.1) is 12.6 Å². The van der Waals surface area contributed by atoms with E-state index < -0.39 is 0 Å². The summed E-state index contributed by atoms with van der Waals surface area (Å²) >= 11 is 5.15. The highest BCUT2D eigenvalue weighted by Crippen LogP contribution is 2.09. The van der Waals surface area contributed by atoms with E-state index in [2.05, 4.69) is 22.5 Å². The molecule has 88 valence electrons. The standard InChI is InChI=1S/C11H17N3OS/c1-9(10-3-5-12-6-4-10)14-11(16)13-7-8-15-2/h3-6,9H,7-8H2,1-2H3,(H2,13,14,16)/t9-/m1/s1. The first-order chi connectivity index (χ1) is 7.74. The van der Waals surface area contributed by atoms with Crippen molar-refractivity contribution in [3.8, 4) is 0 Å². The van der Waals surface area contributed by atoms with E-state index in [0.29, 0.717) is 18.3 Å². The molecular formula is C11H17N3OS. The minimum atomic E-state index is 0.172. The maximum absolute atomic E-state index is 5.15. The number of hydrogen-bond acceptors (Lipinski definition) is 3. The third-order valence-electron chi connectivity index (χ3n) is 2.15. The first-order valence-electron chi connectivity index (χ1n) is 5.17. The van der Waals surface area contributed by atoms with E-state index >= 15 is 0 Å². The molecule has 0 saturated heterocycles. The molecular weight excluding hydrogens is 222 g/mol. The number of thiocarbonyl (C=S) groups is 1. The van der Waals surface area contributed by atoms with E-state index in [0.717, 1.165) is 5.56 Å². The van der Waals surface area contributed by atoms with E-state index in [-0.39, 0.29) is 6.04 Å². The summed E-state index contributed by atoms with van der Waals surface area (Å²) in [6.45, 7) is 3.41. The van der Waals surface area contributed by atoms with Crippen LogP contribution < -0.4 is 10.6 Å². The van der Waals surface area contributed by atoms with Gasteiger partial charge in [-0.3, -0.25) is 4.98 Å². The third kappa shape index (κ3) is 4.55. The van der Waals surface area contributed by atoms with E-state index in [9.17, 15) is 0 Å².